The molecule has 3 nitrogen and oxygen atoms in total. The molecule has 1 rings (SSSR count). The van der Waals surface area contributed by atoms with Crippen LogP contribution in [0.15, 0.2) is 12.2 Å². The first-order chi connectivity index (χ1) is 8.18. The van der Waals surface area contributed by atoms with Gasteiger partial charge in [-0.2, -0.15) is 0 Å². The van der Waals surface area contributed by atoms with Crippen molar-refractivity contribution in [2.75, 3.05) is 0 Å². The zero-order valence-corrected chi connectivity index (χ0v) is 10.5. The Hall–Kier alpha value is -1.12. The fourth-order valence-electron chi connectivity index (χ4n) is 2.03. The molecule has 0 radical (unpaired) electrons. The highest BCUT2D eigenvalue weighted by Crippen LogP contribution is 2.15. The smallest absolute Gasteiger partial charge is 0.317 e. The van der Waals surface area contributed by atoms with Crippen molar-refractivity contribution < 1.29 is 14.3 Å². The monoisotopic (exact) mass is 238 g/mol. The lowest BCUT2D eigenvalue weighted by molar-refractivity contribution is -0.159. The Balaban J connectivity index is 2.39. The molecule has 0 atom stereocenters. The first-order valence-electron chi connectivity index (χ1n) is 6.58. The van der Waals surface area contributed by atoms with E-state index >= 15 is 0 Å². The molecule has 0 N–H and O–H groups in total. The van der Waals surface area contributed by atoms with Gasteiger partial charge in [-0.05, 0) is 19.3 Å². The molecule has 17 heavy (non-hydrogen) atoms. The molecule has 0 bridgehead atoms. The predicted molar refractivity (Wildman–Crippen MR) is 66.4 cm³/mol. The second kappa shape index (κ2) is 8.04. The van der Waals surface area contributed by atoms with Gasteiger partial charge in [0.05, 0.1) is 6.42 Å². The number of carbonyl (C=O) groups excluding carboxylic acids is 2. The number of cyclic esters (lactones) is 2. The Labute approximate surface area is 103 Å². The lowest BCUT2D eigenvalue weighted by Gasteiger charge is -2.07. The highest BCUT2D eigenvalue weighted by atomic mass is 16.6. The maximum absolute atomic E-state index is 11.4. The van der Waals surface area contributed by atoms with Gasteiger partial charge in [-0.3, -0.25) is 9.59 Å². The fourth-order valence-corrected chi connectivity index (χ4v) is 2.03. The second-order valence-corrected chi connectivity index (χ2v) is 4.75. The van der Waals surface area contributed by atoms with Crippen LogP contribution in [0.4, 0.5) is 0 Å². The minimum absolute atomic E-state index is 0.186. The number of rotatable bonds is 0. The van der Waals surface area contributed by atoms with E-state index in [1.807, 2.05) is 0 Å². The quantitative estimate of drug-likeness (QED) is 0.368. The van der Waals surface area contributed by atoms with Gasteiger partial charge in [0.25, 0.3) is 0 Å². The fraction of sp³-hybridized carbons (Fsp3) is 0.714. The summed E-state index contributed by atoms with van der Waals surface area (Å²) in [6.07, 6.45) is 9.22. The van der Waals surface area contributed by atoms with Crippen LogP contribution in [0.5, 0.6) is 0 Å². The van der Waals surface area contributed by atoms with E-state index in [-0.39, 0.29) is 12.4 Å². The van der Waals surface area contributed by atoms with Crippen molar-refractivity contribution in [3.63, 3.8) is 0 Å². The van der Waals surface area contributed by atoms with Crippen molar-refractivity contribution in [3.8, 4) is 0 Å². The van der Waals surface area contributed by atoms with Crippen LogP contribution in [-0.2, 0) is 14.3 Å². The zero-order valence-electron chi connectivity index (χ0n) is 10.5. The maximum Gasteiger partial charge on any atom is 0.317 e. The summed E-state index contributed by atoms with van der Waals surface area (Å²) >= 11 is 0. The molecule has 1 aliphatic rings. The molecular formula is C14H22O3. The molecule has 0 spiro atoms. The zero-order chi connectivity index (χ0) is 12.5. The third-order valence-corrected chi connectivity index (χ3v) is 3.03. The third kappa shape index (κ3) is 6.93. The van der Waals surface area contributed by atoms with Gasteiger partial charge in [-0.1, -0.05) is 44.3 Å². The average molecular weight is 238 g/mol. The van der Waals surface area contributed by atoms with E-state index in [9.17, 15) is 9.59 Å². The number of esters is 2. The highest BCUT2D eigenvalue weighted by Gasteiger charge is 2.12. The Morgan fingerprint density at radius 2 is 1.29 bits per heavy atom. The van der Waals surface area contributed by atoms with E-state index in [2.05, 4.69) is 6.58 Å². The third-order valence-electron chi connectivity index (χ3n) is 3.03. The van der Waals surface area contributed by atoms with Crippen LogP contribution in [-0.4, -0.2) is 11.9 Å². The second-order valence-electron chi connectivity index (χ2n) is 4.75. The predicted octanol–water partition coefficient (Wildman–Crippen LogP) is 3.53. The highest BCUT2D eigenvalue weighted by molar-refractivity contribution is 5.86. The summed E-state index contributed by atoms with van der Waals surface area (Å²) in [5.41, 5.74) is 0.875. The van der Waals surface area contributed by atoms with Gasteiger partial charge in [-0.15, -0.1) is 0 Å². The van der Waals surface area contributed by atoms with Crippen LogP contribution in [0.1, 0.15) is 64.2 Å². The Morgan fingerprint density at radius 3 is 1.94 bits per heavy atom. The van der Waals surface area contributed by atoms with Crippen LogP contribution < -0.4 is 0 Å². The van der Waals surface area contributed by atoms with Crippen molar-refractivity contribution >= 4 is 11.9 Å². The normalized spacial score (nSPS) is 21.8. The standard InChI is InChI=1S/C14H22O3/c1-12-9-7-5-3-2-4-6-8-10-13(15)17-14(16)11-12/h1-11H2. The van der Waals surface area contributed by atoms with Crippen LogP contribution in [0.3, 0.4) is 0 Å². The Morgan fingerprint density at radius 1 is 0.765 bits per heavy atom. The minimum Gasteiger partial charge on any atom is -0.393 e. The van der Waals surface area contributed by atoms with Gasteiger partial charge in [0.15, 0.2) is 0 Å². The minimum atomic E-state index is -0.447. The van der Waals surface area contributed by atoms with Crippen LogP contribution in [0, 0.1) is 0 Å². The SMILES string of the molecule is C=C1CCCCCCCCCC(=O)OC(=O)C1. The van der Waals surface area contributed by atoms with Crippen molar-refractivity contribution in [3.05, 3.63) is 12.2 Å². The molecule has 0 aromatic heterocycles. The molecule has 0 saturated carbocycles. The van der Waals surface area contributed by atoms with Gasteiger partial charge < -0.3 is 4.74 Å². The molecule has 0 unspecified atom stereocenters. The largest absolute Gasteiger partial charge is 0.393 e. The summed E-state index contributed by atoms with van der Waals surface area (Å²) in [4.78, 5) is 22.7. The summed E-state index contributed by atoms with van der Waals surface area (Å²) in [6, 6.07) is 0. The van der Waals surface area contributed by atoms with Gasteiger partial charge in [-0.25, -0.2) is 0 Å². The molecule has 1 heterocycles. The van der Waals surface area contributed by atoms with E-state index in [1.54, 1.807) is 0 Å². The van der Waals surface area contributed by atoms with Crippen molar-refractivity contribution in [2.24, 2.45) is 0 Å². The summed E-state index contributed by atoms with van der Waals surface area (Å²) in [6.45, 7) is 3.85. The molecule has 1 fully saturated rings. The molecule has 1 saturated heterocycles. The van der Waals surface area contributed by atoms with Gasteiger partial charge >= 0.3 is 11.9 Å². The van der Waals surface area contributed by atoms with E-state index in [1.165, 1.54) is 25.7 Å². The first-order valence-corrected chi connectivity index (χ1v) is 6.58. The van der Waals surface area contributed by atoms with E-state index in [0.29, 0.717) is 6.42 Å². The van der Waals surface area contributed by atoms with Gasteiger partial charge in [0, 0.05) is 6.42 Å². The Kier molecular flexibility index (Phi) is 6.60. The number of hydrogen-bond acceptors (Lipinski definition) is 3. The maximum atomic E-state index is 11.4. The van der Waals surface area contributed by atoms with Crippen molar-refractivity contribution in [1.29, 1.82) is 0 Å². The van der Waals surface area contributed by atoms with Gasteiger partial charge in [0.2, 0.25) is 0 Å². The molecule has 3 heteroatoms. The molecule has 0 amide bonds. The lowest BCUT2D eigenvalue weighted by atomic mass is 10.0. The summed E-state index contributed by atoms with van der Waals surface area (Å²) < 4.78 is 4.73. The first kappa shape index (κ1) is 13.9. The van der Waals surface area contributed by atoms with E-state index in [0.717, 1.165) is 31.3 Å². The van der Waals surface area contributed by atoms with Crippen LogP contribution in [0.25, 0.3) is 0 Å². The van der Waals surface area contributed by atoms with Crippen molar-refractivity contribution in [2.45, 2.75) is 64.2 Å². The summed E-state index contributed by atoms with van der Waals surface area (Å²) in [5.74, 6) is -0.836. The molecule has 1 aliphatic heterocycles. The molecule has 0 aromatic carbocycles. The number of ether oxygens (including phenoxy) is 1. The average Bonchev–Trinajstić information content (AvgIpc) is 2.25. The topological polar surface area (TPSA) is 43.4 Å². The molecule has 0 aromatic rings. The van der Waals surface area contributed by atoms with E-state index < -0.39 is 5.97 Å². The molecule has 0 aliphatic carbocycles. The Bertz CT molecular complexity index is 255. The molecular weight excluding hydrogens is 216 g/mol. The number of hydrogen-bond donors (Lipinski definition) is 0. The van der Waals surface area contributed by atoms with Crippen LogP contribution >= 0.6 is 0 Å². The van der Waals surface area contributed by atoms with Gasteiger partial charge in [0.1, 0.15) is 0 Å². The van der Waals surface area contributed by atoms with Crippen molar-refractivity contribution in [1.82, 2.24) is 0 Å². The number of carbonyl (C=O) groups is 2. The van der Waals surface area contributed by atoms with Crippen LogP contribution in [0.2, 0.25) is 0 Å². The van der Waals surface area contributed by atoms with E-state index in [4.69, 9.17) is 4.74 Å². The summed E-state index contributed by atoms with van der Waals surface area (Å²) in [7, 11) is 0. The summed E-state index contributed by atoms with van der Waals surface area (Å²) in [5, 5.41) is 0. The lowest BCUT2D eigenvalue weighted by Crippen LogP contribution is -2.12. The molecule has 96 valence electrons.